The molecule has 0 radical (unpaired) electrons. The lowest BCUT2D eigenvalue weighted by Gasteiger charge is -2.06. The van der Waals surface area contributed by atoms with Crippen LogP contribution in [-0.2, 0) is 4.79 Å². The summed E-state index contributed by atoms with van der Waals surface area (Å²) in [5.74, 6) is -1.73. The largest absolute Gasteiger partial charge is 0.368 e. The van der Waals surface area contributed by atoms with Crippen molar-refractivity contribution in [2.75, 3.05) is 6.26 Å². The number of aliphatic imine (C=N–C) groups is 1. The van der Waals surface area contributed by atoms with Crippen LogP contribution in [0.5, 0.6) is 0 Å². The first-order chi connectivity index (χ1) is 8.08. The lowest BCUT2D eigenvalue weighted by molar-refractivity contribution is -0.118. The molecule has 1 amide bonds. The van der Waals surface area contributed by atoms with Gasteiger partial charge in [-0.05, 0) is 24.5 Å². The van der Waals surface area contributed by atoms with Crippen LogP contribution in [0.1, 0.15) is 0 Å². The van der Waals surface area contributed by atoms with Crippen molar-refractivity contribution in [2.45, 2.75) is 0 Å². The van der Waals surface area contributed by atoms with Crippen molar-refractivity contribution >= 4 is 40.0 Å². The average Bonchev–Trinajstić information content (AvgIpc) is 2.28. The number of thioether (sulfide) groups is 1. The number of carbonyl (C=O) groups is 1. The van der Waals surface area contributed by atoms with E-state index in [0.717, 1.165) is 0 Å². The van der Waals surface area contributed by atoms with Crippen molar-refractivity contribution in [1.29, 1.82) is 5.26 Å². The smallest absolute Gasteiger partial charge is 0.241 e. The average molecular weight is 268 g/mol. The zero-order valence-electron chi connectivity index (χ0n) is 9.05. The van der Waals surface area contributed by atoms with Gasteiger partial charge in [0.2, 0.25) is 5.91 Å². The molecule has 0 saturated carbocycles. The number of nitriles is 1. The monoisotopic (exact) mass is 267 g/mol. The van der Waals surface area contributed by atoms with Crippen LogP contribution in [0.3, 0.4) is 0 Å². The third kappa shape index (κ3) is 3.77. The Labute approximate surface area is 108 Å². The van der Waals surface area contributed by atoms with Crippen molar-refractivity contribution in [1.82, 2.24) is 0 Å². The molecule has 0 spiro atoms. The summed E-state index contributed by atoms with van der Waals surface area (Å²) in [7, 11) is 0. The standard InChI is InChI=1S/C11H10ClN3OS/c1-17-11(9(6-13)10(14)16)15-8-4-2-3-7(12)5-8/h2-5,9H,1H3,(H2,14,16). The maximum absolute atomic E-state index is 11.1. The van der Waals surface area contributed by atoms with Crippen molar-refractivity contribution < 1.29 is 4.79 Å². The van der Waals surface area contributed by atoms with Crippen LogP contribution >= 0.6 is 23.4 Å². The molecule has 0 aliphatic carbocycles. The summed E-state index contributed by atoms with van der Waals surface area (Å²) in [5.41, 5.74) is 5.71. The minimum atomic E-state index is -1.02. The molecule has 2 N–H and O–H groups in total. The molecule has 1 aromatic carbocycles. The highest BCUT2D eigenvalue weighted by molar-refractivity contribution is 8.13. The molecule has 0 saturated heterocycles. The van der Waals surface area contributed by atoms with E-state index in [1.165, 1.54) is 11.8 Å². The third-order valence-electron chi connectivity index (χ3n) is 1.92. The van der Waals surface area contributed by atoms with Gasteiger partial charge in [-0.2, -0.15) is 5.26 Å². The fraction of sp³-hybridized carbons (Fsp3) is 0.182. The summed E-state index contributed by atoms with van der Waals surface area (Å²) in [4.78, 5) is 15.3. The molecule has 0 aliphatic heterocycles. The highest BCUT2D eigenvalue weighted by Crippen LogP contribution is 2.21. The van der Waals surface area contributed by atoms with E-state index in [0.29, 0.717) is 15.8 Å². The second-order valence-electron chi connectivity index (χ2n) is 3.10. The number of hydrogen-bond donors (Lipinski definition) is 1. The highest BCUT2D eigenvalue weighted by Gasteiger charge is 2.21. The maximum atomic E-state index is 11.1. The number of primary amides is 1. The van der Waals surface area contributed by atoms with Crippen molar-refractivity contribution in [3.05, 3.63) is 29.3 Å². The Morgan fingerprint density at radius 2 is 2.35 bits per heavy atom. The Kier molecular flexibility index (Phi) is 5.01. The predicted octanol–water partition coefficient (Wildman–Crippen LogP) is 2.36. The Hall–Kier alpha value is -1.51. The number of amides is 1. The zero-order chi connectivity index (χ0) is 12.8. The maximum Gasteiger partial charge on any atom is 0.241 e. The molecule has 88 valence electrons. The molecule has 1 rings (SSSR count). The van der Waals surface area contributed by atoms with Gasteiger partial charge in [0.15, 0.2) is 5.92 Å². The van der Waals surface area contributed by atoms with E-state index in [4.69, 9.17) is 22.6 Å². The molecule has 1 aromatic rings. The molecule has 0 fully saturated rings. The molecule has 6 heteroatoms. The second-order valence-corrected chi connectivity index (χ2v) is 4.36. The Morgan fingerprint density at radius 1 is 1.65 bits per heavy atom. The Morgan fingerprint density at radius 3 is 2.82 bits per heavy atom. The first-order valence-electron chi connectivity index (χ1n) is 4.65. The minimum absolute atomic E-state index is 0.363. The molecule has 1 unspecified atom stereocenters. The molecule has 17 heavy (non-hydrogen) atoms. The van der Waals surface area contributed by atoms with Gasteiger partial charge in [0.05, 0.1) is 11.8 Å². The molecule has 0 aliphatic rings. The highest BCUT2D eigenvalue weighted by atomic mass is 35.5. The fourth-order valence-corrected chi connectivity index (χ4v) is 1.93. The van der Waals surface area contributed by atoms with Crippen LogP contribution in [-0.4, -0.2) is 17.2 Å². The SMILES string of the molecule is CSC(=Nc1cccc(Cl)c1)C(C#N)C(N)=O. The van der Waals surface area contributed by atoms with Gasteiger partial charge in [-0.25, -0.2) is 4.99 Å². The van der Waals surface area contributed by atoms with Gasteiger partial charge in [0.25, 0.3) is 0 Å². The molecule has 0 aromatic heterocycles. The summed E-state index contributed by atoms with van der Waals surface area (Å²) in [6, 6.07) is 8.67. The predicted molar refractivity (Wildman–Crippen MR) is 70.4 cm³/mol. The number of nitrogens with zero attached hydrogens (tertiary/aromatic N) is 2. The normalized spacial score (nSPS) is 12.9. The summed E-state index contributed by atoms with van der Waals surface area (Å²) < 4.78 is 0. The second kappa shape index (κ2) is 6.28. The molecular formula is C11H10ClN3OS. The Balaban J connectivity index is 3.10. The van der Waals surface area contributed by atoms with Gasteiger partial charge >= 0.3 is 0 Å². The topological polar surface area (TPSA) is 79.2 Å². The fourth-order valence-electron chi connectivity index (χ4n) is 1.14. The van der Waals surface area contributed by atoms with Gasteiger partial charge in [-0.3, -0.25) is 4.79 Å². The van der Waals surface area contributed by atoms with Crippen LogP contribution in [0.2, 0.25) is 5.02 Å². The quantitative estimate of drug-likeness (QED) is 0.674. The van der Waals surface area contributed by atoms with E-state index in [-0.39, 0.29) is 0 Å². The van der Waals surface area contributed by atoms with E-state index in [2.05, 4.69) is 4.99 Å². The van der Waals surface area contributed by atoms with E-state index >= 15 is 0 Å². The van der Waals surface area contributed by atoms with Gasteiger partial charge < -0.3 is 5.73 Å². The van der Waals surface area contributed by atoms with Gasteiger partial charge in [-0.1, -0.05) is 17.7 Å². The number of halogens is 1. The Bertz CT molecular complexity index is 496. The number of rotatable bonds is 3. The molecule has 0 heterocycles. The van der Waals surface area contributed by atoms with E-state index in [1.807, 2.05) is 6.07 Å². The minimum Gasteiger partial charge on any atom is -0.368 e. The summed E-state index contributed by atoms with van der Waals surface area (Å²) in [6.07, 6.45) is 1.73. The van der Waals surface area contributed by atoms with Crippen molar-refractivity contribution in [3.63, 3.8) is 0 Å². The van der Waals surface area contributed by atoms with Crippen LogP contribution in [0, 0.1) is 17.2 Å². The lowest BCUT2D eigenvalue weighted by atomic mass is 10.2. The third-order valence-corrected chi connectivity index (χ3v) is 2.90. The van der Waals surface area contributed by atoms with E-state index in [1.54, 1.807) is 30.5 Å². The molecular weight excluding hydrogens is 258 g/mol. The number of hydrogen-bond acceptors (Lipinski definition) is 4. The zero-order valence-corrected chi connectivity index (χ0v) is 10.6. The van der Waals surface area contributed by atoms with E-state index in [9.17, 15) is 4.79 Å². The summed E-state index contributed by atoms with van der Waals surface area (Å²) >= 11 is 7.03. The molecule has 0 bridgehead atoms. The van der Waals surface area contributed by atoms with Gasteiger partial charge in [-0.15, -0.1) is 11.8 Å². The summed E-state index contributed by atoms with van der Waals surface area (Å²) in [6.45, 7) is 0. The van der Waals surface area contributed by atoms with Crippen LogP contribution < -0.4 is 5.73 Å². The number of nitrogens with two attached hydrogens (primary N) is 1. The van der Waals surface area contributed by atoms with Gasteiger partial charge in [0.1, 0.15) is 5.04 Å². The molecule has 4 nitrogen and oxygen atoms in total. The summed E-state index contributed by atoms with van der Waals surface area (Å²) in [5, 5.41) is 9.76. The van der Waals surface area contributed by atoms with Gasteiger partial charge in [0, 0.05) is 5.02 Å². The van der Waals surface area contributed by atoms with Crippen molar-refractivity contribution in [2.24, 2.45) is 16.6 Å². The van der Waals surface area contributed by atoms with Crippen LogP contribution in [0.4, 0.5) is 5.69 Å². The van der Waals surface area contributed by atoms with Crippen LogP contribution in [0.25, 0.3) is 0 Å². The lowest BCUT2D eigenvalue weighted by Crippen LogP contribution is -2.27. The first-order valence-corrected chi connectivity index (χ1v) is 6.26. The molecule has 1 atom stereocenters. The van der Waals surface area contributed by atoms with Crippen LogP contribution in [0.15, 0.2) is 29.3 Å². The van der Waals surface area contributed by atoms with E-state index < -0.39 is 11.8 Å². The number of carbonyl (C=O) groups excluding carboxylic acids is 1. The number of benzene rings is 1. The van der Waals surface area contributed by atoms with Crippen molar-refractivity contribution in [3.8, 4) is 6.07 Å². The first kappa shape index (κ1) is 13.6.